The van der Waals surface area contributed by atoms with Crippen molar-refractivity contribution in [3.05, 3.63) is 24.0 Å². The van der Waals surface area contributed by atoms with Gasteiger partial charge in [0.05, 0.1) is 13.5 Å². The summed E-state index contributed by atoms with van der Waals surface area (Å²) in [6.07, 6.45) is 2.25. The van der Waals surface area contributed by atoms with Gasteiger partial charge in [0.1, 0.15) is 0 Å². The summed E-state index contributed by atoms with van der Waals surface area (Å²) in [4.78, 5) is 10.8. The molecule has 0 saturated carbocycles. The van der Waals surface area contributed by atoms with Gasteiger partial charge in [0.15, 0.2) is 0 Å². The Morgan fingerprint density at radius 3 is 2.91 bits per heavy atom. The maximum absolute atomic E-state index is 10.8. The molecule has 60 valence electrons. The number of ether oxygens (including phenoxy) is 1. The Morgan fingerprint density at radius 2 is 2.45 bits per heavy atom. The second-order valence-electron chi connectivity index (χ2n) is 2.36. The lowest BCUT2D eigenvalue weighted by atomic mass is 10.3. The van der Waals surface area contributed by atoms with E-state index in [2.05, 4.69) is 4.74 Å². The summed E-state index contributed by atoms with van der Waals surface area (Å²) in [6.45, 7) is 0. The maximum Gasteiger partial charge on any atom is 0.311 e. The van der Waals surface area contributed by atoms with E-state index in [-0.39, 0.29) is 5.97 Å². The molecule has 1 heterocycles. The predicted octanol–water partition coefficient (Wildman–Crippen LogP) is 0.741. The molecule has 0 aliphatic carbocycles. The second-order valence-corrected chi connectivity index (χ2v) is 2.36. The molecular formula is C8H11NO2. The van der Waals surface area contributed by atoms with Crippen LogP contribution in [-0.4, -0.2) is 17.6 Å². The van der Waals surface area contributed by atoms with Crippen molar-refractivity contribution < 1.29 is 9.53 Å². The highest BCUT2D eigenvalue weighted by Crippen LogP contribution is 2.00. The molecule has 0 radical (unpaired) electrons. The number of rotatable bonds is 2. The molecule has 0 aromatic carbocycles. The van der Waals surface area contributed by atoms with Crippen LogP contribution in [0.4, 0.5) is 0 Å². The number of hydrogen-bond donors (Lipinski definition) is 0. The van der Waals surface area contributed by atoms with Crippen LogP contribution in [0.3, 0.4) is 0 Å². The molecule has 1 aromatic heterocycles. The summed E-state index contributed by atoms with van der Waals surface area (Å²) < 4.78 is 6.43. The lowest BCUT2D eigenvalue weighted by Gasteiger charge is -2.00. The highest BCUT2D eigenvalue weighted by Gasteiger charge is 2.03. The van der Waals surface area contributed by atoms with Crippen molar-refractivity contribution in [2.45, 2.75) is 6.42 Å². The Labute approximate surface area is 65.6 Å². The lowest BCUT2D eigenvalue weighted by Crippen LogP contribution is -2.07. The SMILES string of the molecule is COC(=O)Cc1cccn1C. The first kappa shape index (κ1) is 7.85. The quantitative estimate of drug-likeness (QED) is 0.587. The minimum atomic E-state index is -0.202. The van der Waals surface area contributed by atoms with Crippen molar-refractivity contribution in [1.82, 2.24) is 4.57 Å². The van der Waals surface area contributed by atoms with Crippen LogP contribution in [0.25, 0.3) is 0 Å². The molecular weight excluding hydrogens is 142 g/mol. The van der Waals surface area contributed by atoms with Crippen LogP contribution >= 0.6 is 0 Å². The van der Waals surface area contributed by atoms with E-state index in [9.17, 15) is 4.79 Å². The number of carbonyl (C=O) groups excluding carboxylic acids is 1. The smallest absolute Gasteiger partial charge is 0.311 e. The van der Waals surface area contributed by atoms with E-state index in [4.69, 9.17) is 0 Å². The first-order chi connectivity index (χ1) is 5.24. The fourth-order valence-electron chi connectivity index (χ4n) is 0.900. The van der Waals surface area contributed by atoms with Crippen LogP contribution in [-0.2, 0) is 23.0 Å². The average molecular weight is 153 g/mol. The van der Waals surface area contributed by atoms with Crippen molar-refractivity contribution in [2.24, 2.45) is 7.05 Å². The fraction of sp³-hybridized carbons (Fsp3) is 0.375. The van der Waals surface area contributed by atoms with Crippen molar-refractivity contribution >= 4 is 5.97 Å². The third-order valence-electron chi connectivity index (χ3n) is 1.60. The summed E-state index contributed by atoms with van der Waals surface area (Å²) in [5.74, 6) is -0.202. The van der Waals surface area contributed by atoms with Crippen molar-refractivity contribution in [1.29, 1.82) is 0 Å². The number of aromatic nitrogens is 1. The third kappa shape index (κ3) is 1.83. The zero-order chi connectivity index (χ0) is 8.27. The van der Waals surface area contributed by atoms with E-state index in [1.807, 2.05) is 29.9 Å². The summed E-state index contributed by atoms with van der Waals surface area (Å²) in [5.41, 5.74) is 0.969. The molecule has 1 aromatic rings. The number of nitrogens with zero attached hydrogens (tertiary/aromatic N) is 1. The minimum absolute atomic E-state index is 0.202. The van der Waals surface area contributed by atoms with E-state index in [1.54, 1.807) is 0 Å². The van der Waals surface area contributed by atoms with Gasteiger partial charge in [0.2, 0.25) is 0 Å². The van der Waals surface area contributed by atoms with Crippen LogP contribution in [0.15, 0.2) is 18.3 Å². The second kappa shape index (κ2) is 3.23. The van der Waals surface area contributed by atoms with Gasteiger partial charge in [-0.3, -0.25) is 4.79 Å². The predicted molar refractivity (Wildman–Crippen MR) is 41.1 cm³/mol. The summed E-state index contributed by atoms with van der Waals surface area (Å²) in [7, 11) is 3.30. The van der Waals surface area contributed by atoms with E-state index in [0.717, 1.165) is 5.69 Å². The maximum atomic E-state index is 10.8. The van der Waals surface area contributed by atoms with Gasteiger partial charge < -0.3 is 9.30 Å². The average Bonchev–Trinajstić information content (AvgIpc) is 2.37. The normalized spacial score (nSPS) is 9.64. The van der Waals surface area contributed by atoms with Gasteiger partial charge in [-0.05, 0) is 12.1 Å². The van der Waals surface area contributed by atoms with Crippen LogP contribution in [0.2, 0.25) is 0 Å². The van der Waals surface area contributed by atoms with Gasteiger partial charge in [0.25, 0.3) is 0 Å². The molecule has 0 aliphatic heterocycles. The van der Waals surface area contributed by atoms with Crippen molar-refractivity contribution in [3.63, 3.8) is 0 Å². The topological polar surface area (TPSA) is 31.2 Å². The molecule has 0 saturated heterocycles. The van der Waals surface area contributed by atoms with Crippen molar-refractivity contribution in [3.8, 4) is 0 Å². The molecule has 0 spiro atoms. The first-order valence-corrected chi connectivity index (χ1v) is 3.41. The van der Waals surface area contributed by atoms with Gasteiger partial charge in [-0.15, -0.1) is 0 Å². The molecule has 0 bridgehead atoms. The number of hydrogen-bond acceptors (Lipinski definition) is 2. The van der Waals surface area contributed by atoms with Gasteiger partial charge in [0, 0.05) is 18.9 Å². The molecule has 0 aliphatic rings. The molecule has 3 heteroatoms. The number of aryl methyl sites for hydroxylation is 1. The Balaban J connectivity index is 2.64. The van der Waals surface area contributed by atoms with Gasteiger partial charge in [-0.1, -0.05) is 0 Å². The van der Waals surface area contributed by atoms with Gasteiger partial charge >= 0.3 is 5.97 Å². The monoisotopic (exact) mass is 153 g/mol. The van der Waals surface area contributed by atoms with Crippen LogP contribution < -0.4 is 0 Å². The van der Waals surface area contributed by atoms with Crippen LogP contribution in [0.5, 0.6) is 0 Å². The van der Waals surface area contributed by atoms with Crippen LogP contribution in [0.1, 0.15) is 5.69 Å². The first-order valence-electron chi connectivity index (χ1n) is 3.41. The van der Waals surface area contributed by atoms with E-state index in [0.29, 0.717) is 6.42 Å². The number of methoxy groups -OCH3 is 1. The minimum Gasteiger partial charge on any atom is -0.469 e. The Hall–Kier alpha value is -1.25. The summed E-state index contributed by atoms with van der Waals surface area (Å²) in [5, 5.41) is 0. The molecule has 0 atom stereocenters. The Bertz CT molecular complexity index is 252. The molecule has 0 N–H and O–H groups in total. The third-order valence-corrected chi connectivity index (χ3v) is 1.60. The van der Waals surface area contributed by atoms with Crippen LogP contribution in [0, 0.1) is 0 Å². The summed E-state index contributed by atoms with van der Waals surface area (Å²) in [6, 6.07) is 3.80. The van der Waals surface area contributed by atoms with Gasteiger partial charge in [-0.2, -0.15) is 0 Å². The summed E-state index contributed by atoms with van der Waals surface area (Å²) >= 11 is 0. The molecule has 11 heavy (non-hydrogen) atoms. The molecule has 3 nitrogen and oxygen atoms in total. The Morgan fingerprint density at radius 1 is 1.73 bits per heavy atom. The standard InChI is InChI=1S/C8H11NO2/c1-9-5-3-4-7(9)6-8(10)11-2/h3-5H,6H2,1-2H3. The largest absolute Gasteiger partial charge is 0.469 e. The van der Waals surface area contributed by atoms with Crippen molar-refractivity contribution in [2.75, 3.05) is 7.11 Å². The molecule has 0 unspecified atom stereocenters. The number of carbonyl (C=O) groups is 1. The van der Waals surface area contributed by atoms with E-state index in [1.165, 1.54) is 7.11 Å². The lowest BCUT2D eigenvalue weighted by molar-refractivity contribution is -0.139. The number of esters is 1. The van der Waals surface area contributed by atoms with E-state index < -0.39 is 0 Å². The zero-order valence-electron chi connectivity index (χ0n) is 6.70. The van der Waals surface area contributed by atoms with E-state index >= 15 is 0 Å². The van der Waals surface area contributed by atoms with Gasteiger partial charge in [-0.25, -0.2) is 0 Å². The molecule has 1 rings (SSSR count). The fourth-order valence-corrected chi connectivity index (χ4v) is 0.900. The molecule has 0 fully saturated rings. The Kier molecular flexibility index (Phi) is 2.31. The highest BCUT2D eigenvalue weighted by atomic mass is 16.5. The zero-order valence-corrected chi connectivity index (χ0v) is 6.70. The molecule has 0 amide bonds. The highest BCUT2D eigenvalue weighted by molar-refractivity contribution is 5.71.